The first-order valence-electron chi connectivity index (χ1n) is 15.5. The second-order valence-electron chi connectivity index (χ2n) is 12.3. The predicted octanol–water partition coefficient (Wildman–Crippen LogP) is 2.66. The molecule has 0 aliphatic carbocycles. The van der Waals surface area contributed by atoms with E-state index in [0.29, 0.717) is 15.7 Å². The molecule has 0 spiro atoms. The van der Waals surface area contributed by atoms with Crippen LogP contribution in [0.4, 0.5) is 18.9 Å². The number of anilines is 1. The van der Waals surface area contributed by atoms with Gasteiger partial charge in [-0.05, 0) is 58.5 Å². The number of aliphatic hydroxyl groups is 1. The molecule has 4 aromatic rings. The molecule has 2 amide bonds. The molecule has 20 heteroatoms. The van der Waals surface area contributed by atoms with Gasteiger partial charge in [0.15, 0.2) is 17.6 Å². The Bertz CT molecular complexity index is 2160. The van der Waals surface area contributed by atoms with E-state index in [4.69, 9.17) is 21.1 Å². The van der Waals surface area contributed by atoms with Crippen LogP contribution in [0.1, 0.15) is 28.9 Å². The first kappa shape index (κ1) is 36.8. The third-order valence-corrected chi connectivity index (χ3v) is 11.4. The first-order valence-corrected chi connectivity index (χ1v) is 17.3. The van der Waals surface area contributed by atoms with Crippen LogP contribution in [0.25, 0.3) is 0 Å². The molecule has 6 rings (SSSR count). The van der Waals surface area contributed by atoms with Crippen LogP contribution in [-0.4, -0.2) is 104 Å². The number of likely N-dealkylation sites (tertiary alicyclic amines) is 1. The minimum Gasteiger partial charge on any atom is -0.497 e. The number of fused-ring (bicyclic) bond motifs is 1. The number of hydrogen-bond acceptors (Lipinski definition) is 11. The van der Waals surface area contributed by atoms with Gasteiger partial charge in [-0.25, -0.2) is 13.5 Å². The second-order valence-corrected chi connectivity index (χ2v) is 14.5. The molecule has 0 saturated carbocycles. The zero-order chi connectivity index (χ0) is 37.8. The van der Waals surface area contributed by atoms with Gasteiger partial charge in [-0.1, -0.05) is 17.7 Å². The molecule has 3 N–H and O–H groups in total. The monoisotopic (exact) mass is 766 g/mol. The maximum Gasteiger partial charge on any atom is 0.573 e. The number of tetrazole rings is 1. The Balaban J connectivity index is 1.71. The van der Waals surface area contributed by atoms with Crippen molar-refractivity contribution in [3.63, 3.8) is 0 Å². The fourth-order valence-corrected chi connectivity index (χ4v) is 9.11. The molecule has 1 saturated heterocycles. The summed E-state index contributed by atoms with van der Waals surface area (Å²) in [5, 5.41) is 27.6. The molecule has 0 radical (unpaired) electrons. The normalized spacial score (nSPS) is 23.0. The SMILES string of the molecule is CNC(=O)[C@@H]1C[C@@H](O)C[N+]1(C)C1(c2cc(Cc3nnn[nH]3)ccc2OC)C(=O)N(S(=O)(=O)c2ccc(OC)cc2OC(F)(F)F)c2ccc(Cl)cc21. The summed E-state index contributed by atoms with van der Waals surface area (Å²) in [5.41, 5.74) is -1.96. The van der Waals surface area contributed by atoms with Crippen molar-refractivity contribution < 1.29 is 55.0 Å². The Kier molecular flexibility index (Phi) is 9.35. The molecular formula is C32H32ClF3N7O8S+. The van der Waals surface area contributed by atoms with Crippen molar-refractivity contribution in [3.05, 3.63) is 82.1 Å². The van der Waals surface area contributed by atoms with E-state index >= 15 is 4.79 Å². The molecule has 2 aliphatic rings. The van der Waals surface area contributed by atoms with E-state index in [1.165, 1.54) is 45.5 Å². The molecule has 2 unspecified atom stereocenters. The lowest BCUT2D eigenvalue weighted by atomic mass is 9.78. The largest absolute Gasteiger partial charge is 0.573 e. The minimum absolute atomic E-state index is 0.0253. The van der Waals surface area contributed by atoms with Crippen molar-refractivity contribution >= 4 is 39.1 Å². The molecule has 0 bridgehead atoms. The van der Waals surface area contributed by atoms with Gasteiger partial charge in [-0.15, -0.1) is 18.3 Å². The van der Waals surface area contributed by atoms with Gasteiger partial charge >= 0.3 is 12.3 Å². The van der Waals surface area contributed by atoms with Crippen LogP contribution in [0.3, 0.4) is 0 Å². The summed E-state index contributed by atoms with van der Waals surface area (Å²) in [6, 6.07) is 10.2. The number of likely N-dealkylation sites (N-methyl/N-ethyl adjacent to an activating group) is 2. The van der Waals surface area contributed by atoms with Crippen LogP contribution < -0.4 is 23.8 Å². The quantitative estimate of drug-likeness (QED) is 0.202. The molecule has 2 aliphatic heterocycles. The standard InChI is InChI=1S/C32H31ClF3N7O8S/c1-37-29(45)24-14-19(44)16-43(24,2)31(22-11-17(5-9-25(22)50-4)12-28-38-40-41-39-28)21-13-18(33)6-8-23(21)42(30(31)46)52(47,48)27-10-7-20(49-3)15-26(27)51-32(34,35)36/h5-11,13,15,19,24,44H,12,14,16H2,1-4H3,(H-,37,38,39,40,41,45)/p+1/t19-,24+,31?,43?/m1/s1. The highest BCUT2D eigenvalue weighted by atomic mass is 35.5. The van der Waals surface area contributed by atoms with E-state index < -0.39 is 61.0 Å². The van der Waals surface area contributed by atoms with Gasteiger partial charge in [0.25, 0.3) is 15.9 Å². The number of H-pyrrole nitrogens is 1. The molecule has 3 heterocycles. The zero-order valence-corrected chi connectivity index (χ0v) is 29.5. The summed E-state index contributed by atoms with van der Waals surface area (Å²) in [4.78, 5) is 28.3. The third-order valence-electron chi connectivity index (χ3n) is 9.46. The van der Waals surface area contributed by atoms with Gasteiger partial charge < -0.3 is 24.6 Å². The van der Waals surface area contributed by atoms with Gasteiger partial charge in [0.1, 0.15) is 29.0 Å². The minimum atomic E-state index is -5.33. The maximum absolute atomic E-state index is 15.7. The van der Waals surface area contributed by atoms with Crippen molar-refractivity contribution in [1.29, 1.82) is 0 Å². The van der Waals surface area contributed by atoms with Crippen molar-refractivity contribution in [1.82, 2.24) is 25.9 Å². The van der Waals surface area contributed by atoms with Crippen LogP contribution in [0, 0.1) is 0 Å². The number of amides is 2. The number of carbonyl (C=O) groups is 2. The smallest absolute Gasteiger partial charge is 0.497 e. The first-order chi connectivity index (χ1) is 24.5. The van der Waals surface area contributed by atoms with Crippen molar-refractivity contribution in [3.8, 4) is 17.2 Å². The van der Waals surface area contributed by atoms with E-state index in [2.05, 4.69) is 30.7 Å². The number of aromatic amines is 1. The zero-order valence-electron chi connectivity index (χ0n) is 27.9. The molecule has 1 aromatic heterocycles. The Morgan fingerprint density at radius 3 is 2.50 bits per heavy atom. The lowest BCUT2D eigenvalue weighted by Crippen LogP contribution is -2.69. The van der Waals surface area contributed by atoms with E-state index in [1.54, 1.807) is 12.1 Å². The summed E-state index contributed by atoms with van der Waals surface area (Å²) >= 11 is 6.57. The fraction of sp³-hybridized carbons (Fsp3) is 0.344. The molecule has 4 atom stereocenters. The molecule has 276 valence electrons. The van der Waals surface area contributed by atoms with Crippen LogP contribution in [0.2, 0.25) is 5.02 Å². The number of nitrogens with zero attached hydrogens (tertiary/aromatic N) is 5. The average molecular weight is 767 g/mol. The van der Waals surface area contributed by atoms with Crippen LogP contribution in [0.5, 0.6) is 17.2 Å². The molecular weight excluding hydrogens is 735 g/mol. The lowest BCUT2D eigenvalue weighted by Gasteiger charge is -2.48. The summed E-state index contributed by atoms with van der Waals surface area (Å²) in [5.74, 6) is -2.66. The number of nitrogens with one attached hydrogen (secondary N) is 2. The molecule has 1 fully saturated rings. The number of ether oxygens (including phenoxy) is 3. The number of aromatic nitrogens is 4. The molecule has 3 aromatic carbocycles. The fourth-order valence-electron chi connectivity index (χ4n) is 7.37. The Morgan fingerprint density at radius 2 is 1.87 bits per heavy atom. The number of aliphatic hydroxyl groups excluding tert-OH is 1. The van der Waals surface area contributed by atoms with Crippen molar-refractivity contribution in [2.75, 3.05) is 39.2 Å². The van der Waals surface area contributed by atoms with E-state index in [9.17, 15) is 31.5 Å². The van der Waals surface area contributed by atoms with Crippen LogP contribution >= 0.6 is 11.6 Å². The van der Waals surface area contributed by atoms with Gasteiger partial charge in [0.2, 0.25) is 5.54 Å². The van der Waals surface area contributed by atoms with Gasteiger partial charge in [0.05, 0.1) is 38.1 Å². The predicted molar refractivity (Wildman–Crippen MR) is 176 cm³/mol. The summed E-state index contributed by atoms with van der Waals surface area (Å²) in [6.07, 6.45) is -6.53. The van der Waals surface area contributed by atoms with Crippen LogP contribution in [0.15, 0.2) is 59.5 Å². The highest BCUT2D eigenvalue weighted by Gasteiger charge is 2.72. The number of methoxy groups -OCH3 is 2. The van der Waals surface area contributed by atoms with Crippen LogP contribution in [-0.2, 0) is 31.6 Å². The summed E-state index contributed by atoms with van der Waals surface area (Å²) in [6.45, 7) is -0.256. The molecule has 52 heavy (non-hydrogen) atoms. The van der Waals surface area contributed by atoms with Crippen molar-refractivity contribution in [2.45, 2.75) is 41.8 Å². The molecule has 15 nitrogen and oxygen atoms in total. The lowest BCUT2D eigenvalue weighted by molar-refractivity contribution is -0.953. The number of quaternary nitrogens is 1. The van der Waals surface area contributed by atoms with Gasteiger partial charge in [-0.3, -0.25) is 14.1 Å². The number of sulfonamides is 1. The number of halogens is 4. The number of rotatable bonds is 10. The Labute approximate surface area is 299 Å². The Morgan fingerprint density at radius 1 is 1.12 bits per heavy atom. The highest BCUT2D eigenvalue weighted by molar-refractivity contribution is 7.93. The summed E-state index contributed by atoms with van der Waals surface area (Å²) in [7, 11) is 0.0958. The van der Waals surface area contributed by atoms with E-state index in [1.807, 2.05) is 0 Å². The van der Waals surface area contributed by atoms with Gasteiger partial charge in [0, 0.05) is 31.0 Å². The Hall–Kier alpha value is -4.98. The number of alkyl halides is 3. The maximum atomic E-state index is 15.7. The van der Waals surface area contributed by atoms with Gasteiger partial charge in [-0.2, -0.15) is 4.31 Å². The van der Waals surface area contributed by atoms with E-state index in [-0.39, 0.29) is 52.7 Å². The number of carbonyl (C=O) groups excluding carboxylic acids is 2. The topological polar surface area (TPSA) is 186 Å². The highest BCUT2D eigenvalue weighted by Crippen LogP contribution is 2.58. The number of hydrogen-bond donors (Lipinski definition) is 3. The summed E-state index contributed by atoms with van der Waals surface area (Å²) < 4.78 is 85.4. The van der Waals surface area contributed by atoms with Crippen molar-refractivity contribution in [2.24, 2.45) is 0 Å². The number of benzene rings is 3. The third kappa shape index (κ3) is 5.86. The average Bonchev–Trinajstić information content (AvgIpc) is 3.78. The second kappa shape index (κ2) is 13.2. The van der Waals surface area contributed by atoms with E-state index in [0.717, 1.165) is 25.3 Å².